The molecule has 2 aromatic rings. The summed E-state index contributed by atoms with van der Waals surface area (Å²) < 4.78 is 34.0. The van der Waals surface area contributed by atoms with Crippen LogP contribution in [0.3, 0.4) is 0 Å². The van der Waals surface area contributed by atoms with Gasteiger partial charge in [-0.25, -0.2) is 13.6 Å². The zero-order valence-electron chi connectivity index (χ0n) is 15.6. The quantitative estimate of drug-likeness (QED) is 0.463. The summed E-state index contributed by atoms with van der Waals surface area (Å²) >= 11 is 0. The number of rotatable bonds is 10. The summed E-state index contributed by atoms with van der Waals surface area (Å²) in [6.45, 7) is 0.891. The van der Waals surface area contributed by atoms with Gasteiger partial charge >= 0.3 is 0 Å². The minimum atomic E-state index is -3.94. The maximum Gasteiger partial charge on any atom is 0.244 e. The van der Waals surface area contributed by atoms with Crippen molar-refractivity contribution in [1.82, 2.24) is 5.32 Å². The Balaban J connectivity index is 1.94. The zero-order valence-corrected chi connectivity index (χ0v) is 16.4. The van der Waals surface area contributed by atoms with Crippen molar-refractivity contribution in [2.75, 3.05) is 26.9 Å². The molecule has 0 atom stereocenters. The van der Waals surface area contributed by atoms with E-state index in [2.05, 4.69) is 5.32 Å². The highest BCUT2D eigenvalue weighted by Crippen LogP contribution is 2.24. The Labute approximate surface area is 165 Å². The number of ether oxygens (including phenoxy) is 2. The van der Waals surface area contributed by atoms with Crippen LogP contribution in [0.25, 0.3) is 6.08 Å². The summed E-state index contributed by atoms with van der Waals surface area (Å²) in [4.78, 5) is 11.8. The fraction of sp³-hybridized carbons (Fsp3) is 0.250. The minimum Gasteiger partial charge on any atom is -0.490 e. The predicted octanol–water partition coefficient (Wildman–Crippen LogP) is 1.73. The number of primary sulfonamides is 1. The maximum absolute atomic E-state index is 11.9. The number of nitrogens with two attached hydrogens (primary N) is 1. The van der Waals surface area contributed by atoms with Gasteiger partial charge in [0.05, 0.1) is 6.61 Å². The summed E-state index contributed by atoms with van der Waals surface area (Å²) in [5.41, 5.74) is 1.65. The smallest absolute Gasteiger partial charge is 0.244 e. The number of sulfonamides is 1. The maximum atomic E-state index is 11.9. The summed E-state index contributed by atoms with van der Waals surface area (Å²) in [5, 5.41) is 8.05. The van der Waals surface area contributed by atoms with Crippen molar-refractivity contribution < 1.29 is 22.7 Å². The van der Waals surface area contributed by atoms with Gasteiger partial charge in [-0.2, -0.15) is 0 Å². The molecule has 0 saturated carbocycles. The molecule has 150 valence electrons. The predicted molar refractivity (Wildman–Crippen MR) is 107 cm³/mol. The molecule has 0 radical (unpaired) electrons. The van der Waals surface area contributed by atoms with Crippen LogP contribution in [-0.4, -0.2) is 41.2 Å². The monoisotopic (exact) mass is 404 g/mol. The van der Waals surface area contributed by atoms with Crippen molar-refractivity contribution in [2.24, 2.45) is 5.14 Å². The van der Waals surface area contributed by atoms with Crippen LogP contribution in [0.15, 0.2) is 59.5 Å². The summed E-state index contributed by atoms with van der Waals surface area (Å²) in [6, 6.07) is 14.2. The molecule has 1 amide bonds. The van der Waals surface area contributed by atoms with Crippen LogP contribution in [0.2, 0.25) is 0 Å². The summed E-state index contributed by atoms with van der Waals surface area (Å²) in [6.07, 6.45) is 3.63. The van der Waals surface area contributed by atoms with Crippen LogP contribution < -0.4 is 15.2 Å². The molecule has 2 aromatic carbocycles. The van der Waals surface area contributed by atoms with Crippen LogP contribution in [-0.2, 0) is 26.0 Å². The highest BCUT2D eigenvalue weighted by atomic mass is 32.2. The second kappa shape index (κ2) is 10.6. The van der Waals surface area contributed by atoms with Crippen LogP contribution >= 0.6 is 0 Å². The molecule has 0 saturated heterocycles. The Kier molecular flexibility index (Phi) is 8.19. The van der Waals surface area contributed by atoms with E-state index in [9.17, 15) is 13.2 Å². The van der Waals surface area contributed by atoms with Crippen molar-refractivity contribution in [1.29, 1.82) is 0 Å². The molecule has 0 spiro atoms. The van der Waals surface area contributed by atoms with E-state index < -0.39 is 10.0 Å². The van der Waals surface area contributed by atoms with Gasteiger partial charge in [0, 0.05) is 19.7 Å². The lowest BCUT2D eigenvalue weighted by Gasteiger charge is -2.12. The largest absolute Gasteiger partial charge is 0.490 e. The van der Waals surface area contributed by atoms with E-state index in [1.54, 1.807) is 18.2 Å². The fourth-order valence-electron chi connectivity index (χ4n) is 2.41. The lowest BCUT2D eigenvalue weighted by atomic mass is 10.1. The van der Waals surface area contributed by atoms with Gasteiger partial charge in [-0.15, -0.1) is 0 Å². The van der Waals surface area contributed by atoms with Crippen molar-refractivity contribution in [3.63, 3.8) is 0 Å². The van der Waals surface area contributed by atoms with Crippen molar-refractivity contribution >= 4 is 22.0 Å². The number of methoxy groups -OCH3 is 1. The van der Waals surface area contributed by atoms with Gasteiger partial charge in [-0.3, -0.25) is 4.79 Å². The number of nitrogens with one attached hydrogen (secondary N) is 1. The molecular formula is C20H24N2O5S. The lowest BCUT2D eigenvalue weighted by molar-refractivity contribution is -0.116. The highest BCUT2D eigenvalue weighted by molar-refractivity contribution is 7.89. The van der Waals surface area contributed by atoms with E-state index in [4.69, 9.17) is 14.6 Å². The third-order valence-electron chi connectivity index (χ3n) is 3.80. The number of amides is 1. The molecule has 0 aliphatic carbocycles. The molecular weight excluding hydrogens is 380 g/mol. The zero-order chi connectivity index (χ0) is 20.4. The molecule has 8 heteroatoms. The Morgan fingerprint density at radius 2 is 1.89 bits per heavy atom. The number of carbonyl (C=O) groups excluding carboxylic acids is 1. The van der Waals surface area contributed by atoms with E-state index in [-0.39, 0.29) is 23.2 Å². The first-order valence-electron chi connectivity index (χ1n) is 8.68. The Hall–Kier alpha value is -2.68. The van der Waals surface area contributed by atoms with E-state index in [0.717, 1.165) is 11.1 Å². The average Bonchev–Trinajstić information content (AvgIpc) is 2.67. The van der Waals surface area contributed by atoms with Crippen molar-refractivity contribution in [2.45, 2.75) is 11.3 Å². The Bertz CT molecular complexity index is 911. The Morgan fingerprint density at radius 1 is 1.14 bits per heavy atom. The van der Waals surface area contributed by atoms with Gasteiger partial charge in [0.25, 0.3) is 0 Å². The minimum absolute atomic E-state index is 0.0867. The van der Waals surface area contributed by atoms with E-state index in [1.807, 2.05) is 30.3 Å². The topological polar surface area (TPSA) is 108 Å². The molecule has 0 fully saturated rings. The lowest BCUT2D eigenvalue weighted by Crippen LogP contribution is -2.23. The Morgan fingerprint density at radius 3 is 2.57 bits per heavy atom. The van der Waals surface area contributed by atoms with Gasteiger partial charge in [0.15, 0.2) is 0 Å². The molecule has 0 heterocycles. The number of carbonyl (C=O) groups is 1. The first kappa shape index (κ1) is 21.6. The normalized spacial score (nSPS) is 11.5. The third-order valence-corrected chi connectivity index (χ3v) is 4.73. The van der Waals surface area contributed by atoms with Crippen molar-refractivity contribution in [3.8, 4) is 5.75 Å². The first-order valence-corrected chi connectivity index (χ1v) is 10.2. The molecule has 28 heavy (non-hydrogen) atoms. The van der Waals surface area contributed by atoms with Gasteiger partial charge < -0.3 is 14.8 Å². The van der Waals surface area contributed by atoms with Gasteiger partial charge in [-0.1, -0.05) is 36.4 Å². The van der Waals surface area contributed by atoms with Crippen LogP contribution in [0.4, 0.5) is 0 Å². The van der Waals surface area contributed by atoms with Gasteiger partial charge in [0.2, 0.25) is 15.9 Å². The first-order chi connectivity index (χ1) is 13.4. The molecule has 0 aliphatic rings. The number of hydrogen-bond donors (Lipinski definition) is 2. The molecule has 0 unspecified atom stereocenters. The van der Waals surface area contributed by atoms with E-state index in [0.29, 0.717) is 19.6 Å². The number of benzene rings is 2. The fourth-order valence-corrected chi connectivity index (χ4v) is 3.13. The second-order valence-corrected chi connectivity index (χ2v) is 7.48. The van der Waals surface area contributed by atoms with Crippen LogP contribution in [0, 0.1) is 0 Å². The van der Waals surface area contributed by atoms with E-state index >= 15 is 0 Å². The van der Waals surface area contributed by atoms with Gasteiger partial charge in [0.1, 0.15) is 17.3 Å². The van der Waals surface area contributed by atoms with Crippen LogP contribution in [0.1, 0.15) is 11.1 Å². The summed E-state index contributed by atoms with van der Waals surface area (Å²) in [5.74, 6) is -0.0480. The van der Waals surface area contributed by atoms with Gasteiger partial charge in [-0.05, 0) is 35.8 Å². The average molecular weight is 404 g/mol. The second-order valence-electron chi connectivity index (χ2n) is 5.95. The molecule has 0 aliphatic heterocycles. The van der Waals surface area contributed by atoms with Crippen LogP contribution in [0.5, 0.6) is 5.75 Å². The highest BCUT2D eigenvalue weighted by Gasteiger charge is 2.16. The third kappa shape index (κ3) is 7.15. The SMILES string of the molecule is COCCOc1ccc(CCNC(=O)C=Cc2ccccc2)cc1S(N)(=O)=O. The molecule has 3 N–H and O–H groups in total. The van der Waals surface area contributed by atoms with E-state index in [1.165, 1.54) is 19.3 Å². The number of hydrogen-bond acceptors (Lipinski definition) is 5. The summed E-state index contributed by atoms with van der Waals surface area (Å²) in [7, 11) is -2.41. The molecule has 0 bridgehead atoms. The standard InChI is InChI=1S/C20H24N2O5S/c1-26-13-14-27-18-9-7-17(15-19(18)28(21,24)25)11-12-22-20(23)10-8-16-5-3-2-4-6-16/h2-10,15H,11-14H2,1H3,(H,22,23)(H2,21,24,25). The molecule has 2 rings (SSSR count). The van der Waals surface area contributed by atoms with Crippen molar-refractivity contribution in [3.05, 3.63) is 65.7 Å². The molecule has 7 nitrogen and oxygen atoms in total. The molecule has 0 aromatic heterocycles.